The normalized spacial score (nSPS) is 12.3. The molecule has 22 heavy (non-hydrogen) atoms. The summed E-state index contributed by atoms with van der Waals surface area (Å²) in [4.78, 5) is 4.21. The second-order valence-corrected chi connectivity index (χ2v) is 5.21. The first kappa shape index (κ1) is 14.6. The molecule has 0 aliphatic heterocycles. The minimum Gasteiger partial charge on any atom is -0.386 e. The highest BCUT2D eigenvalue weighted by Crippen LogP contribution is 2.21. The van der Waals surface area contributed by atoms with E-state index < -0.39 is 6.10 Å². The van der Waals surface area contributed by atoms with E-state index >= 15 is 0 Å². The molecular weight excluding hydrogens is 306 g/mol. The summed E-state index contributed by atoms with van der Waals surface area (Å²) in [5, 5.41) is 21.4. The lowest BCUT2D eigenvalue weighted by Gasteiger charge is -2.07. The predicted octanol–water partition coefficient (Wildman–Crippen LogP) is 2.27. The molecule has 0 bridgehead atoms. The Bertz CT molecular complexity index is 770. The molecule has 0 fully saturated rings. The second kappa shape index (κ2) is 6.17. The molecular formula is C14H14ClN5O2. The zero-order valence-electron chi connectivity index (χ0n) is 11.8. The number of nitrogens with one attached hydrogen (secondary N) is 1. The van der Waals surface area contributed by atoms with Crippen molar-refractivity contribution in [1.82, 2.24) is 19.9 Å². The Morgan fingerprint density at radius 2 is 2.32 bits per heavy atom. The van der Waals surface area contributed by atoms with Crippen LogP contribution in [0.25, 0.3) is 11.4 Å². The van der Waals surface area contributed by atoms with Gasteiger partial charge in [-0.3, -0.25) is 4.68 Å². The molecule has 0 aliphatic carbocycles. The van der Waals surface area contributed by atoms with Crippen LogP contribution in [0, 0.1) is 0 Å². The molecule has 1 aromatic carbocycles. The Morgan fingerprint density at radius 1 is 1.45 bits per heavy atom. The van der Waals surface area contributed by atoms with Crippen LogP contribution in [0.2, 0.25) is 5.02 Å². The van der Waals surface area contributed by atoms with Crippen LogP contribution in [0.3, 0.4) is 0 Å². The average Bonchev–Trinajstić information content (AvgIpc) is 3.14. The van der Waals surface area contributed by atoms with Crippen LogP contribution < -0.4 is 5.32 Å². The summed E-state index contributed by atoms with van der Waals surface area (Å²) < 4.78 is 6.73. The molecule has 2 heterocycles. The summed E-state index contributed by atoms with van der Waals surface area (Å²) in [5.74, 6) is 0.431. The quantitative estimate of drug-likeness (QED) is 0.750. The molecule has 0 saturated heterocycles. The van der Waals surface area contributed by atoms with Crippen LogP contribution >= 0.6 is 11.6 Å². The Morgan fingerprint density at radius 3 is 3.05 bits per heavy atom. The molecule has 7 nitrogen and oxygen atoms in total. The lowest BCUT2D eigenvalue weighted by atomic mass is 10.2. The largest absolute Gasteiger partial charge is 0.386 e. The van der Waals surface area contributed by atoms with Crippen molar-refractivity contribution in [2.45, 2.75) is 6.10 Å². The summed E-state index contributed by atoms with van der Waals surface area (Å²) in [5.41, 5.74) is 1.47. The third-order valence-electron chi connectivity index (χ3n) is 3.07. The van der Waals surface area contributed by atoms with E-state index in [1.807, 2.05) is 12.1 Å². The van der Waals surface area contributed by atoms with E-state index in [0.29, 0.717) is 16.4 Å². The second-order valence-electron chi connectivity index (χ2n) is 4.78. The molecule has 1 atom stereocenters. The van der Waals surface area contributed by atoms with Crippen LogP contribution in [0.5, 0.6) is 0 Å². The van der Waals surface area contributed by atoms with Gasteiger partial charge in [-0.25, -0.2) is 0 Å². The Kier molecular flexibility index (Phi) is 4.08. The monoisotopic (exact) mass is 319 g/mol. The molecule has 0 aliphatic rings. The van der Waals surface area contributed by atoms with Gasteiger partial charge in [0.15, 0.2) is 0 Å². The van der Waals surface area contributed by atoms with Crippen LogP contribution in [0.15, 0.2) is 41.2 Å². The van der Waals surface area contributed by atoms with Crippen molar-refractivity contribution < 1.29 is 9.63 Å². The van der Waals surface area contributed by atoms with E-state index in [1.54, 1.807) is 36.3 Å². The number of aliphatic hydroxyl groups excluding tert-OH is 1. The summed E-state index contributed by atoms with van der Waals surface area (Å²) in [7, 11) is 1.79. The smallest absolute Gasteiger partial charge is 0.321 e. The molecule has 114 valence electrons. The molecule has 0 spiro atoms. The number of aliphatic hydroxyl groups is 1. The van der Waals surface area contributed by atoms with Gasteiger partial charge in [0, 0.05) is 35.9 Å². The Labute approximate surface area is 131 Å². The summed E-state index contributed by atoms with van der Waals surface area (Å²) in [6, 6.07) is 7.41. The number of benzene rings is 1. The lowest BCUT2D eigenvalue weighted by Crippen LogP contribution is -2.11. The van der Waals surface area contributed by atoms with Gasteiger partial charge in [-0.05, 0) is 12.1 Å². The van der Waals surface area contributed by atoms with E-state index in [4.69, 9.17) is 16.1 Å². The zero-order valence-corrected chi connectivity index (χ0v) is 12.5. The van der Waals surface area contributed by atoms with E-state index in [9.17, 15) is 5.11 Å². The summed E-state index contributed by atoms with van der Waals surface area (Å²) in [6.07, 6.45) is 2.64. The SMILES string of the molecule is Cn1cc(C(O)CNc2nc(-c3cccc(Cl)c3)no2)cn1. The maximum absolute atomic E-state index is 10.0. The number of anilines is 1. The van der Waals surface area contributed by atoms with Crippen LogP contribution in [0.1, 0.15) is 11.7 Å². The van der Waals surface area contributed by atoms with Gasteiger partial charge in [0.05, 0.1) is 12.3 Å². The standard InChI is InChI=1S/C14H14ClN5O2/c1-20-8-10(6-17-20)12(21)7-16-14-18-13(19-22-14)9-3-2-4-11(15)5-9/h2-6,8,12,21H,7H2,1H3,(H,16,18,19). The molecule has 3 rings (SSSR count). The predicted molar refractivity (Wildman–Crippen MR) is 81.4 cm³/mol. The summed E-state index contributed by atoms with van der Waals surface area (Å²) >= 11 is 5.93. The van der Waals surface area contributed by atoms with E-state index in [1.165, 1.54) is 0 Å². The number of aryl methyl sites for hydroxylation is 1. The number of hydrogen-bond acceptors (Lipinski definition) is 6. The number of aromatic nitrogens is 4. The first-order valence-electron chi connectivity index (χ1n) is 6.62. The topological polar surface area (TPSA) is 89.0 Å². The number of halogens is 1. The molecule has 0 saturated carbocycles. The van der Waals surface area contributed by atoms with Gasteiger partial charge in [0.1, 0.15) is 0 Å². The minimum absolute atomic E-state index is 0.234. The van der Waals surface area contributed by atoms with Crippen molar-refractivity contribution in [3.63, 3.8) is 0 Å². The van der Waals surface area contributed by atoms with Crippen molar-refractivity contribution in [2.24, 2.45) is 7.05 Å². The highest BCUT2D eigenvalue weighted by Gasteiger charge is 2.13. The maximum atomic E-state index is 10.0. The van der Waals surface area contributed by atoms with E-state index in [-0.39, 0.29) is 12.6 Å². The fourth-order valence-electron chi connectivity index (χ4n) is 1.95. The van der Waals surface area contributed by atoms with Gasteiger partial charge in [-0.15, -0.1) is 0 Å². The van der Waals surface area contributed by atoms with Gasteiger partial charge in [-0.1, -0.05) is 28.9 Å². The molecule has 2 N–H and O–H groups in total. The zero-order chi connectivity index (χ0) is 15.5. The average molecular weight is 320 g/mol. The van der Waals surface area contributed by atoms with Gasteiger partial charge >= 0.3 is 6.01 Å². The lowest BCUT2D eigenvalue weighted by molar-refractivity contribution is 0.190. The van der Waals surface area contributed by atoms with Crippen molar-refractivity contribution in [2.75, 3.05) is 11.9 Å². The molecule has 3 aromatic rings. The van der Waals surface area contributed by atoms with Gasteiger partial charge < -0.3 is 14.9 Å². The fraction of sp³-hybridized carbons (Fsp3) is 0.214. The highest BCUT2D eigenvalue weighted by atomic mass is 35.5. The maximum Gasteiger partial charge on any atom is 0.321 e. The van der Waals surface area contributed by atoms with Crippen LogP contribution in [0.4, 0.5) is 6.01 Å². The summed E-state index contributed by atoms with van der Waals surface area (Å²) in [6.45, 7) is 0.239. The number of nitrogens with zero attached hydrogens (tertiary/aromatic N) is 4. The molecule has 0 amide bonds. The van der Waals surface area contributed by atoms with Crippen LogP contribution in [-0.4, -0.2) is 31.6 Å². The molecule has 2 aromatic heterocycles. The van der Waals surface area contributed by atoms with E-state index in [2.05, 4.69) is 20.6 Å². The van der Waals surface area contributed by atoms with E-state index in [0.717, 1.165) is 5.56 Å². The minimum atomic E-state index is -0.713. The van der Waals surface area contributed by atoms with Crippen molar-refractivity contribution >= 4 is 17.6 Å². The number of rotatable bonds is 5. The highest BCUT2D eigenvalue weighted by molar-refractivity contribution is 6.30. The Hall–Kier alpha value is -2.38. The van der Waals surface area contributed by atoms with Crippen molar-refractivity contribution in [1.29, 1.82) is 0 Å². The third kappa shape index (κ3) is 3.26. The van der Waals surface area contributed by atoms with Gasteiger partial charge in [-0.2, -0.15) is 10.1 Å². The van der Waals surface area contributed by atoms with Crippen molar-refractivity contribution in [3.05, 3.63) is 47.2 Å². The first-order chi connectivity index (χ1) is 10.6. The Balaban J connectivity index is 1.65. The first-order valence-corrected chi connectivity index (χ1v) is 7.00. The fourth-order valence-corrected chi connectivity index (χ4v) is 2.14. The molecule has 0 radical (unpaired) electrons. The van der Waals surface area contributed by atoms with Gasteiger partial charge in [0.25, 0.3) is 0 Å². The molecule has 8 heteroatoms. The van der Waals surface area contributed by atoms with Gasteiger partial charge in [0.2, 0.25) is 5.82 Å². The third-order valence-corrected chi connectivity index (χ3v) is 3.30. The van der Waals surface area contributed by atoms with Crippen LogP contribution in [-0.2, 0) is 7.05 Å². The molecule has 1 unspecified atom stereocenters. The number of hydrogen-bond donors (Lipinski definition) is 2. The van der Waals surface area contributed by atoms with Crippen molar-refractivity contribution in [3.8, 4) is 11.4 Å².